The molecule has 0 bridgehead atoms. The van der Waals surface area contributed by atoms with Crippen LogP contribution in [0.2, 0.25) is 0 Å². The first-order chi connectivity index (χ1) is 8.04. The van der Waals surface area contributed by atoms with E-state index < -0.39 is 6.04 Å². The van der Waals surface area contributed by atoms with Crippen molar-refractivity contribution in [2.45, 2.75) is 19.9 Å². The van der Waals surface area contributed by atoms with Gasteiger partial charge in [-0.3, -0.25) is 0 Å². The van der Waals surface area contributed by atoms with Crippen LogP contribution in [0.4, 0.5) is 5.82 Å². The lowest BCUT2D eigenvalue weighted by atomic mass is 10.2. The summed E-state index contributed by atoms with van der Waals surface area (Å²) in [5, 5.41) is 2.92. The van der Waals surface area contributed by atoms with E-state index in [1.807, 2.05) is 0 Å². The Morgan fingerprint density at radius 2 is 2.35 bits per heavy atom. The van der Waals surface area contributed by atoms with E-state index in [-0.39, 0.29) is 5.97 Å². The Balaban J connectivity index is 2.63. The van der Waals surface area contributed by atoms with Gasteiger partial charge in [0.15, 0.2) is 0 Å². The van der Waals surface area contributed by atoms with E-state index in [2.05, 4.69) is 10.3 Å². The van der Waals surface area contributed by atoms with Crippen molar-refractivity contribution in [2.24, 2.45) is 5.73 Å². The third kappa shape index (κ3) is 3.99. The number of pyridine rings is 1. The number of hydrogen-bond donors (Lipinski definition) is 2. The molecule has 0 amide bonds. The Labute approximate surface area is 105 Å². The molecule has 1 rings (SSSR count). The summed E-state index contributed by atoms with van der Waals surface area (Å²) in [6.07, 6.45) is 1.56. The number of thiocarbonyl (C=S) groups is 1. The highest BCUT2D eigenvalue weighted by atomic mass is 32.1. The molecule has 1 unspecified atom stereocenters. The topological polar surface area (TPSA) is 77.2 Å². The van der Waals surface area contributed by atoms with Gasteiger partial charge in [0.2, 0.25) is 0 Å². The molecule has 0 saturated heterocycles. The molecule has 0 fully saturated rings. The Morgan fingerprint density at radius 3 is 2.82 bits per heavy atom. The molecule has 0 aromatic carbocycles. The summed E-state index contributed by atoms with van der Waals surface area (Å²) in [6.45, 7) is 3.83. The molecule has 92 valence electrons. The number of hydrogen-bond acceptors (Lipinski definition) is 5. The van der Waals surface area contributed by atoms with Crippen molar-refractivity contribution in [2.75, 3.05) is 11.9 Å². The minimum atomic E-state index is -0.446. The third-order valence-electron chi connectivity index (χ3n) is 2.05. The van der Waals surface area contributed by atoms with E-state index in [4.69, 9.17) is 22.7 Å². The molecule has 0 aliphatic rings. The van der Waals surface area contributed by atoms with E-state index in [0.717, 1.165) is 0 Å². The van der Waals surface area contributed by atoms with Gasteiger partial charge in [0.05, 0.1) is 6.61 Å². The quantitative estimate of drug-likeness (QED) is 0.604. The molecule has 0 aliphatic heterocycles. The van der Waals surface area contributed by atoms with Crippen LogP contribution in [0.15, 0.2) is 18.3 Å². The average Bonchev–Trinajstić information content (AvgIpc) is 2.30. The molecule has 0 radical (unpaired) electrons. The van der Waals surface area contributed by atoms with Crippen molar-refractivity contribution in [3.05, 3.63) is 23.9 Å². The summed E-state index contributed by atoms with van der Waals surface area (Å²) in [4.78, 5) is 15.8. The zero-order valence-electron chi connectivity index (χ0n) is 9.77. The summed E-state index contributed by atoms with van der Waals surface area (Å²) < 4.78 is 4.87. The Bertz CT molecular complexity index is 406. The van der Waals surface area contributed by atoms with Gasteiger partial charge in [0.25, 0.3) is 0 Å². The lowest BCUT2D eigenvalue weighted by molar-refractivity contribution is -0.143. The number of carbonyl (C=O) groups excluding carboxylic acids is 1. The second kappa shape index (κ2) is 6.15. The monoisotopic (exact) mass is 253 g/mol. The van der Waals surface area contributed by atoms with Crippen molar-refractivity contribution in [1.29, 1.82) is 0 Å². The van der Waals surface area contributed by atoms with Crippen molar-refractivity contribution in [3.63, 3.8) is 0 Å². The number of aromatic nitrogens is 1. The van der Waals surface area contributed by atoms with Gasteiger partial charge in [-0.1, -0.05) is 12.2 Å². The van der Waals surface area contributed by atoms with E-state index in [1.54, 1.807) is 32.2 Å². The number of anilines is 1. The highest BCUT2D eigenvalue weighted by Crippen LogP contribution is 2.07. The molecular formula is C11H15N3O2S. The van der Waals surface area contributed by atoms with E-state index in [9.17, 15) is 4.79 Å². The molecule has 0 saturated carbocycles. The number of ether oxygens (including phenoxy) is 1. The molecule has 1 heterocycles. The normalized spacial score (nSPS) is 11.6. The molecule has 0 aliphatic carbocycles. The summed E-state index contributed by atoms with van der Waals surface area (Å²) >= 11 is 4.81. The summed E-state index contributed by atoms with van der Waals surface area (Å²) in [6, 6.07) is 3.01. The number of esters is 1. The van der Waals surface area contributed by atoms with Crippen LogP contribution in [0.1, 0.15) is 19.4 Å². The highest BCUT2D eigenvalue weighted by molar-refractivity contribution is 7.80. The minimum absolute atomic E-state index is 0.294. The van der Waals surface area contributed by atoms with Gasteiger partial charge in [0.1, 0.15) is 16.8 Å². The molecule has 1 aromatic rings. The van der Waals surface area contributed by atoms with Crippen LogP contribution in [-0.4, -0.2) is 28.6 Å². The molecule has 5 nitrogen and oxygen atoms in total. The predicted molar refractivity (Wildman–Crippen MR) is 69.8 cm³/mol. The van der Waals surface area contributed by atoms with Crippen molar-refractivity contribution < 1.29 is 9.53 Å². The number of nitrogens with one attached hydrogen (secondary N) is 1. The standard InChI is InChI=1S/C11H15N3O2S/c1-3-16-11(15)7(2)14-9-5-4-8(6-13-9)10(12)17/h4-7H,3H2,1-2H3,(H2,12,17)(H,13,14). The van der Waals surface area contributed by atoms with Gasteiger partial charge in [0, 0.05) is 11.8 Å². The molecule has 1 atom stereocenters. The molecule has 3 N–H and O–H groups in total. The number of nitrogens with zero attached hydrogens (tertiary/aromatic N) is 1. The number of carbonyl (C=O) groups is 1. The number of nitrogens with two attached hydrogens (primary N) is 1. The van der Waals surface area contributed by atoms with E-state index in [0.29, 0.717) is 23.0 Å². The van der Waals surface area contributed by atoms with Gasteiger partial charge in [-0.25, -0.2) is 9.78 Å². The molecule has 1 aromatic heterocycles. The van der Waals surface area contributed by atoms with E-state index in [1.165, 1.54) is 0 Å². The third-order valence-corrected chi connectivity index (χ3v) is 2.29. The zero-order chi connectivity index (χ0) is 12.8. The second-order valence-corrected chi connectivity index (χ2v) is 3.85. The minimum Gasteiger partial charge on any atom is -0.464 e. The van der Waals surface area contributed by atoms with Crippen LogP contribution in [0.3, 0.4) is 0 Å². The van der Waals surface area contributed by atoms with E-state index >= 15 is 0 Å². The van der Waals surface area contributed by atoms with Gasteiger partial charge >= 0.3 is 5.97 Å². The van der Waals surface area contributed by atoms with Gasteiger partial charge < -0.3 is 15.8 Å². The highest BCUT2D eigenvalue weighted by Gasteiger charge is 2.13. The maximum Gasteiger partial charge on any atom is 0.328 e. The Kier molecular flexibility index (Phi) is 4.84. The average molecular weight is 253 g/mol. The maximum atomic E-state index is 11.4. The van der Waals surface area contributed by atoms with Crippen LogP contribution in [0.5, 0.6) is 0 Å². The largest absolute Gasteiger partial charge is 0.464 e. The van der Waals surface area contributed by atoms with Crippen LogP contribution < -0.4 is 11.1 Å². The van der Waals surface area contributed by atoms with Crippen LogP contribution in [0, 0.1) is 0 Å². The predicted octanol–water partition coefficient (Wildman–Crippen LogP) is 1.08. The lowest BCUT2D eigenvalue weighted by Crippen LogP contribution is -2.28. The molecule has 17 heavy (non-hydrogen) atoms. The Morgan fingerprint density at radius 1 is 1.65 bits per heavy atom. The zero-order valence-corrected chi connectivity index (χ0v) is 10.6. The van der Waals surface area contributed by atoms with Crippen LogP contribution in [0.25, 0.3) is 0 Å². The van der Waals surface area contributed by atoms with Gasteiger partial charge in [-0.05, 0) is 26.0 Å². The Hall–Kier alpha value is -1.69. The van der Waals surface area contributed by atoms with Crippen molar-refractivity contribution in [3.8, 4) is 0 Å². The van der Waals surface area contributed by atoms with Crippen molar-refractivity contribution >= 4 is 29.0 Å². The summed E-state index contributed by atoms with van der Waals surface area (Å²) in [5.41, 5.74) is 6.14. The fourth-order valence-corrected chi connectivity index (χ4v) is 1.29. The van der Waals surface area contributed by atoms with Crippen LogP contribution >= 0.6 is 12.2 Å². The summed E-state index contributed by atoms with van der Waals surface area (Å²) in [7, 11) is 0. The maximum absolute atomic E-state index is 11.4. The molecule has 0 spiro atoms. The van der Waals surface area contributed by atoms with Gasteiger partial charge in [-0.15, -0.1) is 0 Å². The first kappa shape index (κ1) is 13.4. The molecular weight excluding hydrogens is 238 g/mol. The van der Waals surface area contributed by atoms with Crippen molar-refractivity contribution in [1.82, 2.24) is 4.98 Å². The SMILES string of the molecule is CCOC(=O)C(C)Nc1ccc(C(N)=S)cn1. The van der Waals surface area contributed by atoms with Crippen LogP contribution in [-0.2, 0) is 9.53 Å². The first-order valence-electron chi connectivity index (χ1n) is 5.23. The second-order valence-electron chi connectivity index (χ2n) is 3.41. The van der Waals surface area contributed by atoms with Gasteiger partial charge in [-0.2, -0.15) is 0 Å². The summed E-state index contributed by atoms with van der Waals surface area (Å²) in [5.74, 6) is 0.262. The molecule has 6 heteroatoms. The lowest BCUT2D eigenvalue weighted by Gasteiger charge is -2.13. The smallest absolute Gasteiger partial charge is 0.328 e. The number of rotatable bonds is 5. The fourth-order valence-electron chi connectivity index (χ4n) is 1.17. The first-order valence-corrected chi connectivity index (χ1v) is 5.64. The fraction of sp³-hybridized carbons (Fsp3) is 0.364.